The number of H-pyrrole nitrogens is 1. The van der Waals surface area contributed by atoms with E-state index in [9.17, 15) is 4.79 Å². The Hall–Kier alpha value is -2.28. The number of aromatic amines is 1. The van der Waals surface area contributed by atoms with Crippen LogP contribution >= 0.6 is 0 Å². The first kappa shape index (κ1) is 13.7. The Morgan fingerprint density at radius 3 is 3.14 bits per heavy atom. The highest BCUT2D eigenvalue weighted by Crippen LogP contribution is 2.16. The number of rotatable bonds is 2. The Morgan fingerprint density at radius 2 is 2.33 bits per heavy atom. The third-order valence-corrected chi connectivity index (χ3v) is 3.31. The van der Waals surface area contributed by atoms with Crippen molar-refractivity contribution in [1.29, 1.82) is 0 Å². The van der Waals surface area contributed by atoms with Gasteiger partial charge >= 0.3 is 0 Å². The lowest BCUT2D eigenvalue weighted by atomic mass is 10.2. The Labute approximate surface area is 122 Å². The minimum absolute atomic E-state index is 0.188. The average molecular weight is 287 g/mol. The van der Waals surface area contributed by atoms with Crippen molar-refractivity contribution < 1.29 is 4.74 Å². The molecule has 1 aliphatic rings. The van der Waals surface area contributed by atoms with Crippen LogP contribution in [0.1, 0.15) is 6.92 Å². The Bertz CT molecular complexity index is 658. The molecule has 2 aromatic heterocycles. The van der Waals surface area contributed by atoms with Crippen molar-refractivity contribution in [2.75, 3.05) is 31.2 Å². The van der Waals surface area contributed by atoms with E-state index in [0.717, 1.165) is 13.2 Å². The van der Waals surface area contributed by atoms with Gasteiger partial charge in [0.15, 0.2) is 0 Å². The molecule has 0 bridgehead atoms. The van der Waals surface area contributed by atoms with Crippen LogP contribution in [0.4, 0.5) is 5.95 Å². The van der Waals surface area contributed by atoms with Gasteiger partial charge in [-0.2, -0.15) is 0 Å². The molecule has 0 spiro atoms. The van der Waals surface area contributed by atoms with Crippen molar-refractivity contribution in [3.8, 4) is 11.4 Å². The molecule has 1 unspecified atom stereocenters. The maximum Gasteiger partial charge on any atom is 0.252 e. The number of anilines is 1. The summed E-state index contributed by atoms with van der Waals surface area (Å²) >= 11 is 0. The fourth-order valence-corrected chi connectivity index (χ4v) is 2.34. The lowest BCUT2D eigenvalue weighted by Crippen LogP contribution is -2.32. The monoisotopic (exact) mass is 287 g/mol. The highest BCUT2D eigenvalue weighted by Gasteiger charge is 2.18. The molecule has 1 aliphatic heterocycles. The van der Waals surface area contributed by atoms with Crippen LogP contribution in [0.2, 0.25) is 0 Å². The zero-order valence-electron chi connectivity index (χ0n) is 11.8. The SMILES string of the molecule is CC1COCCN(c2nc(-c3ccncn3)cc(=O)[nH]2)C1. The molecule has 1 fully saturated rings. The second-order valence-corrected chi connectivity index (χ2v) is 5.17. The van der Waals surface area contributed by atoms with E-state index in [1.54, 1.807) is 12.3 Å². The first-order valence-electron chi connectivity index (χ1n) is 6.93. The molecular formula is C14H17N5O2. The van der Waals surface area contributed by atoms with Crippen molar-refractivity contribution >= 4 is 5.95 Å². The largest absolute Gasteiger partial charge is 0.379 e. The lowest BCUT2D eigenvalue weighted by Gasteiger charge is -2.22. The van der Waals surface area contributed by atoms with Crippen LogP contribution in [-0.2, 0) is 4.74 Å². The van der Waals surface area contributed by atoms with E-state index in [0.29, 0.717) is 36.4 Å². The maximum absolute atomic E-state index is 11.9. The fraction of sp³-hybridized carbons (Fsp3) is 0.429. The molecule has 110 valence electrons. The smallest absolute Gasteiger partial charge is 0.252 e. The molecule has 3 rings (SSSR count). The van der Waals surface area contributed by atoms with Gasteiger partial charge in [-0.3, -0.25) is 9.78 Å². The van der Waals surface area contributed by atoms with Crippen LogP contribution in [0.15, 0.2) is 29.5 Å². The molecule has 0 aromatic carbocycles. The normalized spacial score (nSPS) is 19.3. The van der Waals surface area contributed by atoms with E-state index >= 15 is 0 Å². The number of hydrogen-bond acceptors (Lipinski definition) is 6. The number of hydrogen-bond donors (Lipinski definition) is 1. The minimum atomic E-state index is -0.188. The second-order valence-electron chi connectivity index (χ2n) is 5.17. The molecule has 1 N–H and O–H groups in total. The molecule has 0 radical (unpaired) electrons. The van der Waals surface area contributed by atoms with Gasteiger partial charge in [-0.05, 0) is 12.0 Å². The molecule has 21 heavy (non-hydrogen) atoms. The van der Waals surface area contributed by atoms with Crippen LogP contribution in [0.3, 0.4) is 0 Å². The summed E-state index contributed by atoms with van der Waals surface area (Å²) in [5.74, 6) is 0.953. The van der Waals surface area contributed by atoms with Crippen molar-refractivity contribution in [3.63, 3.8) is 0 Å². The van der Waals surface area contributed by atoms with Crippen molar-refractivity contribution in [1.82, 2.24) is 19.9 Å². The number of ether oxygens (including phenoxy) is 1. The molecule has 1 saturated heterocycles. The van der Waals surface area contributed by atoms with Gasteiger partial charge in [0, 0.05) is 25.4 Å². The third-order valence-electron chi connectivity index (χ3n) is 3.31. The minimum Gasteiger partial charge on any atom is -0.379 e. The van der Waals surface area contributed by atoms with Gasteiger partial charge in [-0.15, -0.1) is 0 Å². The van der Waals surface area contributed by atoms with Crippen molar-refractivity contribution in [3.05, 3.63) is 35.0 Å². The van der Waals surface area contributed by atoms with E-state index in [-0.39, 0.29) is 5.56 Å². The van der Waals surface area contributed by atoms with E-state index < -0.39 is 0 Å². The van der Waals surface area contributed by atoms with Gasteiger partial charge in [0.05, 0.1) is 24.6 Å². The van der Waals surface area contributed by atoms with Gasteiger partial charge in [-0.25, -0.2) is 15.0 Å². The molecule has 0 amide bonds. The van der Waals surface area contributed by atoms with Crippen LogP contribution in [-0.4, -0.2) is 46.2 Å². The fourth-order valence-electron chi connectivity index (χ4n) is 2.34. The first-order valence-corrected chi connectivity index (χ1v) is 6.93. The molecular weight excluding hydrogens is 270 g/mol. The summed E-state index contributed by atoms with van der Waals surface area (Å²) in [6, 6.07) is 3.18. The molecule has 1 atom stereocenters. The van der Waals surface area contributed by atoms with Crippen LogP contribution in [0.5, 0.6) is 0 Å². The summed E-state index contributed by atoms with van der Waals surface area (Å²) in [7, 11) is 0. The van der Waals surface area contributed by atoms with Crippen LogP contribution in [0, 0.1) is 5.92 Å². The highest BCUT2D eigenvalue weighted by atomic mass is 16.5. The molecule has 0 aliphatic carbocycles. The second kappa shape index (κ2) is 6.01. The summed E-state index contributed by atoms with van der Waals surface area (Å²) in [5.41, 5.74) is 0.997. The predicted molar refractivity (Wildman–Crippen MR) is 78.1 cm³/mol. The predicted octanol–water partition coefficient (Wildman–Crippen LogP) is 0.700. The Kier molecular flexibility index (Phi) is 3.92. The summed E-state index contributed by atoms with van der Waals surface area (Å²) in [6.07, 6.45) is 3.08. The van der Waals surface area contributed by atoms with Gasteiger partial charge in [-0.1, -0.05) is 6.92 Å². The van der Waals surface area contributed by atoms with E-state index in [1.807, 2.05) is 4.90 Å². The standard InChI is InChI=1S/C14H17N5O2/c1-10-7-19(4-5-21-8-10)14-17-12(6-13(20)18-14)11-2-3-15-9-16-11/h2-3,6,9-10H,4-5,7-8H2,1H3,(H,17,18,20). The van der Waals surface area contributed by atoms with Crippen LogP contribution in [0.25, 0.3) is 11.4 Å². The Morgan fingerprint density at radius 1 is 1.43 bits per heavy atom. The number of nitrogens with zero attached hydrogens (tertiary/aromatic N) is 4. The summed E-state index contributed by atoms with van der Waals surface area (Å²) in [5, 5.41) is 0. The number of aromatic nitrogens is 4. The van der Waals surface area contributed by atoms with E-state index in [4.69, 9.17) is 4.74 Å². The first-order chi connectivity index (χ1) is 10.2. The van der Waals surface area contributed by atoms with E-state index in [2.05, 4.69) is 26.9 Å². The van der Waals surface area contributed by atoms with Crippen molar-refractivity contribution in [2.45, 2.75) is 6.92 Å². The quantitative estimate of drug-likeness (QED) is 0.875. The third kappa shape index (κ3) is 3.25. The lowest BCUT2D eigenvalue weighted by molar-refractivity contribution is 0.129. The molecule has 7 heteroatoms. The van der Waals surface area contributed by atoms with Crippen molar-refractivity contribution in [2.24, 2.45) is 5.92 Å². The highest BCUT2D eigenvalue weighted by molar-refractivity contribution is 5.54. The summed E-state index contributed by atoms with van der Waals surface area (Å²) < 4.78 is 5.52. The van der Waals surface area contributed by atoms with Gasteiger partial charge in [0.2, 0.25) is 5.95 Å². The zero-order valence-corrected chi connectivity index (χ0v) is 11.8. The zero-order chi connectivity index (χ0) is 14.7. The summed E-state index contributed by atoms with van der Waals surface area (Å²) in [4.78, 5) is 29.3. The molecule has 0 saturated carbocycles. The average Bonchev–Trinajstić information content (AvgIpc) is 2.72. The summed E-state index contributed by atoms with van der Waals surface area (Å²) in [6.45, 7) is 4.99. The van der Waals surface area contributed by atoms with Gasteiger partial charge in [0.25, 0.3) is 5.56 Å². The van der Waals surface area contributed by atoms with Gasteiger partial charge in [0.1, 0.15) is 6.33 Å². The van der Waals surface area contributed by atoms with Crippen LogP contribution < -0.4 is 10.5 Å². The maximum atomic E-state index is 11.9. The molecule has 3 heterocycles. The molecule has 2 aromatic rings. The van der Waals surface area contributed by atoms with E-state index in [1.165, 1.54) is 12.4 Å². The van der Waals surface area contributed by atoms with Gasteiger partial charge < -0.3 is 9.64 Å². The number of nitrogens with one attached hydrogen (secondary N) is 1. The Balaban J connectivity index is 1.96. The topological polar surface area (TPSA) is 84.0 Å². The molecule has 7 nitrogen and oxygen atoms in total.